The van der Waals surface area contributed by atoms with Gasteiger partial charge in [-0.2, -0.15) is 0 Å². The number of halogens is 1. The molecule has 1 amide bonds. The molecule has 0 aliphatic rings. The van der Waals surface area contributed by atoms with Gasteiger partial charge in [-0.15, -0.1) is 0 Å². The molecule has 0 saturated carbocycles. The minimum atomic E-state index is -3.69. The quantitative estimate of drug-likeness (QED) is 0.453. The van der Waals surface area contributed by atoms with Gasteiger partial charge in [-0.05, 0) is 66.8 Å². The molecule has 3 rings (SSSR count). The molecule has 0 aliphatic heterocycles. The van der Waals surface area contributed by atoms with Gasteiger partial charge < -0.3 is 9.73 Å². The number of hydrogen-bond acceptors (Lipinski definition) is 5. The number of thiocarbonyl (C=S) groups is 1. The van der Waals surface area contributed by atoms with E-state index in [1.165, 1.54) is 18.4 Å². The topological polar surface area (TPSA) is 100 Å². The van der Waals surface area contributed by atoms with Crippen molar-refractivity contribution in [3.8, 4) is 0 Å². The first-order chi connectivity index (χ1) is 13.8. The predicted octanol–water partition coefficient (Wildman–Crippen LogP) is 3.65. The molecule has 0 saturated heterocycles. The third-order valence-electron chi connectivity index (χ3n) is 3.75. The number of furan rings is 1. The Morgan fingerprint density at radius 3 is 2.48 bits per heavy atom. The highest BCUT2D eigenvalue weighted by molar-refractivity contribution is 9.10. The van der Waals surface area contributed by atoms with Crippen molar-refractivity contribution < 1.29 is 17.6 Å². The first-order valence-corrected chi connectivity index (χ1v) is 11.0. The van der Waals surface area contributed by atoms with E-state index in [1.54, 1.807) is 42.5 Å². The Labute approximate surface area is 181 Å². The minimum Gasteiger partial charge on any atom is -0.468 e. The van der Waals surface area contributed by atoms with Gasteiger partial charge in [0.1, 0.15) is 5.76 Å². The highest BCUT2D eigenvalue weighted by Gasteiger charge is 2.14. The van der Waals surface area contributed by atoms with Crippen LogP contribution < -0.4 is 15.4 Å². The Hall–Kier alpha value is -2.53. The van der Waals surface area contributed by atoms with Gasteiger partial charge in [-0.1, -0.05) is 22.0 Å². The fraction of sp³-hybridized carbons (Fsp3) is 0.0526. The lowest BCUT2D eigenvalue weighted by molar-refractivity contribution is 0.0977. The molecule has 0 radical (unpaired) electrons. The predicted molar refractivity (Wildman–Crippen MR) is 117 cm³/mol. The number of benzene rings is 2. The molecule has 7 nitrogen and oxygen atoms in total. The molecule has 3 N–H and O–H groups in total. The zero-order valence-corrected chi connectivity index (χ0v) is 18.1. The van der Waals surface area contributed by atoms with E-state index in [0.717, 1.165) is 4.47 Å². The van der Waals surface area contributed by atoms with E-state index in [1.807, 2.05) is 6.07 Å². The molecule has 29 heavy (non-hydrogen) atoms. The molecule has 2 aromatic carbocycles. The smallest absolute Gasteiger partial charge is 0.257 e. The van der Waals surface area contributed by atoms with Crippen LogP contribution in [0.1, 0.15) is 16.1 Å². The van der Waals surface area contributed by atoms with Crippen LogP contribution in [0.3, 0.4) is 0 Å². The summed E-state index contributed by atoms with van der Waals surface area (Å²) in [6.45, 7) is 0.0566. The SMILES string of the molecule is O=C(NC(=S)Nc1ccc(S(=O)(=O)NCc2ccco2)cc1)c1cccc(Br)c1. The molecule has 0 aliphatic carbocycles. The second-order valence-electron chi connectivity index (χ2n) is 5.85. The summed E-state index contributed by atoms with van der Waals surface area (Å²) in [5.74, 6) is 0.156. The van der Waals surface area contributed by atoms with E-state index in [4.69, 9.17) is 16.6 Å². The van der Waals surface area contributed by atoms with Crippen LogP contribution in [0.15, 0.2) is 80.7 Å². The van der Waals surface area contributed by atoms with Crippen LogP contribution in [0.2, 0.25) is 0 Å². The summed E-state index contributed by atoms with van der Waals surface area (Å²) in [6, 6.07) is 16.2. The largest absolute Gasteiger partial charge is 0.468 e. The van der Waals surface area contributed by atoms with E-state index in [-0.39, 0.29) is 22.5 Å². The Balaban J connectivity index is 1.58. The van der Waals surface area contributed by atoms with Crippen molar-refractivity contribution in [3.05, 3.63) is 82.7 Å². The second kappa shape index (κ2) is 9.31. The van der Waals surface area contributed by atoms with E-state index >= 15 is 0 Å². The Morgan fingerprint density at radius 2 is 1.83 bits per heavy atom. The first kappa shape index (κ1) is 21.2. The van der Waals surface area contributed by atoms with Gasteiger partial charge in [0.2, 0.25) is 10.0 Å². The fourth-order valence-electron chi connectivity index (χ4n) is 2.35. The molecule has 1 heterocycles. The molecule has 1 aromatic heterocycles. The molecular formula is C19H16BrN3O4S2. The van der Waals surface area contributed by atoms with E-state index in [9.17, 15) is 13.2 Å². The molecule has 0 spiro atoms. The van der Waals surface area contributed by atoms with Crippen LogP contribution in [0.5, 0.6) is 0 Å². The Morgan fingerprint density at radius 1 is 1.07 bits per heavy atom. The normalized spacial score (nSPS) is 11.1. The first-order valence-electron chi connectivity index (χ1n) is 8.33. The number of hydrogen-bond donors (Lipinski definition) is 3. The van der Waals surface area contributed by atoms with Crippen LogP contribution in [-0.4, -0.2) is 19.4 Å². The Bertz CT molecular complexity index is 1110. The van der Waals surface area contributed by atoms with Crippen molar-refractivity contribution in [3.63, 3.8) is 0 Å². The van der Waals surface area contributed by atoms with E-state index < -0.39 is 10.0 Å². The van der Waals surface area contributed by atoms with Crippen molar-refractivity contribution in [2.75, 3.05) is 5.32 Å². The van der Waals surface area contributed by atoms with Gasteiger partial charge in [0.05, 0.1) is 17.7 Å². The number of rotatable bonds is 6. The molecule has 0 fully saturated rings. The number of sulfonamides is 1. The maximum absolute atomic E-state index is 12.3. The summed E-state index contributed by atoms with van der Waals surface area (Å²) in [5, 5.41) is 5.52. The zero-order chi connectivity index (χ0) is 20.9. The molecule has 0 atom stereocenters. The highest BCUT2D eigenvalue weighted by atomic mass is 79.9. The number of carbonyl (C=O) groups is 1. The number of nitrogens with one attached hydrogen (secondary N) is 3. The lowest BCUT2D eigenvalue weighted by Crippen LogP contribution is -2.34. The van der Waals surface area contributed by atoms with Crippen LogP contribution in [0.4, 0.5) is 5.69 Å². The summed E-state index contributed by atoms with van der Waals surface area (Å²) < 4.78 is 33.0. The average Bonchev–Trinajstić information content (AvgIpc) is 3.20. The van der Waals surface area contributed by atoms with E-state index in [0.29, 0.717) is 17.0 Å². The maximum atomic E-state index is 12.3. The highest BCUT2D eigenvalue weighted by Crippen LogP contribution is 2.15. The lowest BCUT2D eigenvalue weighted by atomic mass is 10.2. The average molecular weight is 494 g/mol. The van der Waals surface area contributed by atoms with Gasteiger partial charge in [0.25, 0.3) is 5.91 Å². The van der Waals surface area contributed by atoms with Gasteiger partial charge >= 0.3 is 0 Å². The van der Waals surface area contributed by atoms with Crippen molar-refractivity contribution in [2.24, 2.45) is 0 Å². The standard InChI is InChI=1S/C19H16BrN3O4S2/c20-14-4-1-3-13(11-14)18(24)23-19(28)22-15-6-8-17(9-7-15)29(25,26)21-12-16-5-2-10-27-16/h1-11,21H,12H2,(H2,22,23,24,28). The van der Waals surface area contributed by atoms with Gasteiger partial charge in [0, 0.05) is 15.7 Å². The molecule has 3 aromatic rings. The fourth-order valence-corrected chi connectivity index (χ4v) is 3.95. The zero-order valence-electron chi connectivity index (χ0n) is 14.9. The van der Waals surface area contributed by atoms with Crippen LogP contribution in [0.25, 0.3) is 0 Å². The number of amides is 1. The Kier molecular flexibility index (Phi) is 6.80. The van der Waals surface area contributed by atoms with Crippen LogP contribution >= 0.6 is 28.1 Å². The summed E-state index contributed by atoms with van der Waals surface area (Å²) in [7, 11) is -3.69. The summed E-state index contributed by atoms with van der Waals surface area (Å²) >= 11 is 8.45. The van der Waals surface area contributed by atoms with E-state index in [2.05, 4.69) is 31.3 Å². The third-order valence-corrected chi connectivity index (χ3v) is 5.87. The van der Waals surface area contributed by atoms with Crippen LogP contribution in [-0.2, 0) is 16.6 Å². The second-order valence-corrected chi connectivity index (χ2v) is 8.94. The molecular weight excluding hydrogens is 478 g/mol. The molecule has 0 bridgehead atoms. The monoisotopic (exact) mass is 493 g/mol. The summed E-state index contributed by atoms with van der Waals surface area (Å²) in [6.07, 6.45) is 1.47. The van der Waals surface area contributed by atoms with Gasteiger partial charge in [0.15, 0.2) is 5.11 Å². The van der Waals surface area contributed by atoms with Crippen molar-refractivity contribution in [1.29, 1.82) is 0 Å². The maximum Gasteiger partial charge on any atom is 0.257 e. The van der Waals surface area contributed by atoms with Crippen molar-refractivity contribution >= 4 is 54.9 Å². The lowest BCUT2D eigenvalue weighted by Gasteiger charge is -2.11. The van der Waals surface area contributed by atoms with Crippen molar-refractivity contribution in [1.82, 2.24) is 10.0 Å². The third kappa shape index (κ3) is 5.97. The molecule has 150 valence electrons. The number of carbonyl (C=O) groups excluding carboxylic acids is 1. The van der Waals surface area contributed by atoms with Gasteiger partial charge in [-0.25, -0.2) is 13.1 Å². The van der Waals surface area contributed by atoms with Gasteiger partial charge in [-0.3, -0.25) is 10.1 Å². The van der Waals surface area contributed by atoms with Crippen LogP contribution in [0, 0.1) is 0 Å². The minimum absolute atomic E-state index is 0.0566. The van der Waals surface area contributed by atoms with Crippen molar-refractivity contribution in [2.45, 2.75) is 11.4 Å². The number of anilines is 1. The molecule has 10 heteroatoms. The molecule has 0 unspecified atom stereocenters. The summed E-state index contributed by atoms with van der Waals surface area (Å²) in [4.78, 5) is 12.3. The summed E-state index contributed by atoms with van der Waals surface area (Å²) in [5.41, 5.74) is 0.988.